The SMILES string of the molecule is COCCNc1nc(C2(C)CCCCO2)ns1. The predicted octanol–water partition coefficient (Wildman–Crippen LogP) is 2.01. The largest absolute Gasteiger partial charge is 0.383 e. The number of anilines is 1. The normalized spacial score (nSPS) is 24.8. The second kappa shape index (κ2) is 5.75. The second-order valence-corrected chi connectivity index (χ2v) is 5.13. The van der Waals surface area contributed by atoms with Crippen LogP contribution in [0.5, 0.6) is 0 Å². The zero-order valence-electron chi connectivity index (χ0n) is 10.4. The van der Waals surface area contributed by atoms with Gasteiger partial charge in [-0.25, -0.2) is 4.98 Å². The molecule has 0 amide bonds. The summed E-state index contributed by atoms with van der Waals surface area (Å²) < 4.78 is 15.2. The van der Waals surface area contributed by atoms with Crippen LogP contribution < -0.4 is 5.32 Å². The van der Waals surface area contributed by atoms with Crippen molar-refractivity contribution in [3.63, 3.8) is 0 Å². The Balaban J connectivity index is 1.96. The molecule has 1 N–H and O–H groups in total. The molecule has 0 aliphatic carbocycles. The van der Waals surface area contributed by atoms with Gasteiger partial charge in [0.15, 0.2) is 5.82 Å². The van der Waals surface area contributed by atoms with Crippen molar-refractivity contribution in [3.05, 3.63) is 5.82 Å². The molecule has 5 nitrogen and oxygen atoms in total. The summed E-state index contributed by atoms with van der Waals surface area (Å²) in [6, 6.07) is 0. The van der Waals surface area contributed by atoms with Gasteiger partial charge in [0.25, 0.3) is 0 Å². The van der Waals surface area contributed by atoms with Crippen molar-refractivity contribution >= 4 is 16.7 Å². The van der Waals surface area contributed by atoms with Gasteiger partial charge in [0.2, 0.25) is 5.13 Å². The van der Waals surface area contributed by atoms with Gasteiger partial charge in [0, 0.05) is 31.8 Å². The number of nitrogens with zero attached hydrogens (tertiary/aromatic N) is 2. The Morgan fingerprint density at radius 3 is 3.12 bits per heavy atom. The summed E-state index contributed by atoms with van der Waals surface area (Å²) in [6.45, 7) is 4.31. The van der Waals surface area contributed by atoms with E-state index in [1.807, 2.05) is 0 Å². The van der Waals surface area contributed by atoms with Crippen molar-refractivity contribution in [2.45, 2.75) is 31.8 Å². The molecule has 1 fully saturated rings. The molecular weight excluding hydrogens is 238 g/mol. The van der Waals surface area contributed by atoms with Crippen LogP contribution in [0.25, 0.3) is 0 Å². The van der Waals surface area contributed by atoms with E-state index < -0.39 is 0 Å². The van der Waals surface area contributed by atoms with Crippen molar-refractivity contribution in [1.82, 2.24) is 9.36 Å². The first kappa shape index (κ1) is 12.7. The van der Waals surface area contributed by atoms with Gasteiger partial charge in [-0.05, 0) is 26.2 Å². The highest BCUT2D eigenvalue weighted by atomic mass is 32.1. The molecule has 1 aliphatic rings. The Labute approximate surface area is 106 Å². The molecule has 0 spiro atoms. The van der Waals surface area contributed by atoms with Crippen LogP contribution in [0.15, 0.2) is 0 Å². The van der Waals surface area contributed by atoms with E-state index in [0.717, 1.165) is 36.9 Å². The topological polar surface area (TPSA) is 56.3 Å². The van der Waals surface area contributed by atoms with Crippen molar-refractivity contribution in [3.8, 4) is 0 Å². The molecule has 0 bridgehead atoms. The van der Waals surface area contributed by atoms with E-state index in [2.05, 4.69) is 21.6 Å². The lowest BCUT2D eigenvalue weighted by atomic mass is 9.95. The van der Waals surface area contributed by atoms with E-state index in [0.29, 0.717) is 6.61 Å². The summed E-state index contributed by atoms with van der Waals surface area (Å²) in [5.41, 5.74) is -0.296. The van der Waals surface area contributed by atoms with Crippen LogP contribution >= 0.6 is 11.5 Å². The number of rotatable bonds is 5. The molecule has 0 saturated carbocycles. The monoisotopic (exact) mass is 257 g/mol. The predicted molar refractivity (Wildman–Crippen MR) is 67.4 cm³/mol. The molecule has 0 aromatic carbocycles. The highest BCUT2D eigenvalue weighted by Gasteiger charge is 2.34. The molecule has 96 valence electrons. The number of nitrogens with one attached hydrogen (secondary N) is 1. The van der Waals surface area contributed by atoms with Crippen molar-refractivity contribution in [2.75, 3.05) is 32.2 Å². The van der Waals surface area contributed by atoms with E-state index in [9.17, 15) is 0 Å². The van der Waals surface area contributed by atoms with Crippen molar-refractivity contribution < 1.29 is 9.47 Å². The van der Waals surface area contributed by atoms with Crippen LogP contribution in [0, 0.1) is 0 Å². The lowest BCUT2D eigenvalue weighted by Crippen LogP contribution is -2.31. The number of ether oxygens (including phenoxy) is 2. The number of hydrogen-bond donors (Lipinski definition) is 1. The quantitative estimate of drug-likeness (QED) is 0.818. The standard InChI is InChI=1S/C11H19N3O2S/c1-11(5-3-4-7-16-11)9-13-10(17-14-9)12-6-8-15-2/h3-8H2,1-2H3,(H,12,13,14). The lowest BCUT2D eigenvalue weighted by Gasteiger charge is -2.31. The van der Waals surface area contributed by atoms with E-state index in [-0.39, 0.29) is 5.60 Å². The van der Waals surface area contributed by atoms with E-state index >= 15 is 0 Å². The molecule has 1 aromatic rings. The summed E-state index contributed by atoms with van der Waals surface area (Å²) in [5, 5.41) is 4.03. The van der Waals surface area contributed by atoms with Crippen LogP contribution in [0.2, 0.25) is 0 Å². The average molecular weight is 257 g/mol. The Morgan fingerprint density at radius 2 is 2.41 bits per heavy atom. The second-order valence-electron chi connectivity index (χ2n) is 4.38. The van der Waals surface area contributed by atoms with Crippen LogP contribution in [0.4, 0.5) is 5.13 Å². The van der Waals surface area contributed by atoms with Gasteiger partial charge in [-0.3, -0.25) is 0 Å². The third kappa shape index (κ3) is 3.14. The van der Waals surface area contributed by atoms with Crippen molar-refractivity contribution in [2.24, 2.45) is 0 Å². The van der Waals surface area contributed by atoms with Gasteiger partial charge in [0.1, 0.15) is 5.60 Å². The molecule has 17 heavy (non-hydrogen) atoms. The number of hydrogen-bond acceptors (Lipinski definition) is 6. The summed E-state index contributed by atoms with van der Waals surface area (Å²) in [6.07, 6.45) is 3.32. The third-order valence-corrected chi connectivity index (χ3v) is 3.62. The van der Waals surface area contributed by atoms with Gasteiger partial charge < -0.3 is 14.8 Å². The zero-order chi connectivity index (χ0) is 12.1. The molecule has 1 aliphatic heterocycles. The summed E-state index contributed by atoms with van der Waals surface area (Å²) in [7, 11) is 1.68. The fraction of sp³-hybridized carbons (Fsp3) is 0.818. The molecule has 1 atom stereocenters. The first-order chi connectivity index (χ1) is 8.24. The Hall–Kier alpha value is -0.720. The Morgan fingerprint density at radius 1 is 1.53 bits per heavy atom. The fourth-order valence-electron chi connectivity index (χ4n) is 1.88. The molecule has 0 radical (unpaired) electrons. The number of methoxy groups -OCH3 is 1. The molecule has 2 heterocycles. The summed E-state index contributed by atoms with van der Waals surface area (Å²) >= 11 is 1.38. The van der Waals surface area contributed by atoms with Crippen LogP contribution in [0.3, 0.4) is 0 Å². The first-order valence-corrected chi connectivity index (χ1v) is 6.73. The molecule has 2 rings (SSSR count). The van der Waals surface area contributed by atoms with Crippen LogP contribution in [-0.4, -0.2) is 36.2 Å². The maximum absolute atomic E-state index is 5.82. The van der Waals surface area contributed by atoms with E-state index in [1.54, 1.807) is 7.11 Å². The summed E-state index contributed by atoms with van der Waals surface area (Å²) in [5.74, 6) is 0.808. The maximum Gasteiger partial charge on any atom is 0.202 e. The van der Waals surface area contributed by atoms with Gasteiger partial charge in [-0.15, -0.1) is 0 Å². The average Bonchev–Trinajstić information content (AvgIpc) is 2.80. The minimum atomic E-state index is -0.296. The van der Waals surface area contributed by atoms with Gasteiger partial charge in [-0.1, -0.05) is 0 Å². The van der Waals surface area contributed by atoms with Gasteiger partial charge >= 0.3 is 0 Å². The lowest BCUT2D eigenvalue weighted by molar-refractivity contribution is -0.0752. The van der Waals surface area contributed by atoms with Crippen LogP contribution in [0.1, 0.15) is 32.0 Å². The zero-order valence-corrected chi connectivity index (χ0v) is 11.2. The minimum absolute atomic E-state index is 0.296. The Kier molecular flexibility index (Phi) is 4.31. The highest BCUT2D eigenvalue weighted by molar-refractivity contribution is 7.09. The van der Waals surface area contributed by atoms with Crippen molar-refractivity contribution in [1.29, 1.82) is 0 Å². The van der Waals surface area contributed by atoms with E-state index in [1.165, 1.54) is 18.0 Å². The molecular formula is C11H19N3O2S. The van der Waals surface area contributed by atoms with Crippen LogP contribution in [-0.2, 0) is 15.1 Å². The fourth-order valence-corrected chi connectivity index (χ4v) is 2.58. The maximum atomic E-state index is 5.82. The van der Waals surface area contributed by atoms with Gasteiger partial charge in [-0.2, -0.15) is 4.37 Å². The minimum Gasteiger partial charge on any atom is -0.383 e. The molecule has 1 saturated heterocycles. The molecule has 1 unspecified atom stereocenters. The third-order valence-electron chi connectivity index (χ3n) is 2.95. The smallest absolute Gasteiger partial charge is 0.202 e. The summed E-state index contributed by atoms with van der Waals surface area (Å²) in [4.78, 5) is 4.49. The highest BCUT2D eigenvalue weighted by Crippen LogP contribution is 2.34. The number of aromatic nitrogens is 2. The Bertz CT molecular complexity index is 350. The van der Waals surface area contributed by atoms with E-state index in [4.69, 9.17) is 9.47 Å². The van der Waals surface area contributed by atoms with Gasteiger partial charge in [0.05, 0.1) is 6.61 Å². The molecule has 1 aromatic heterocycles. The molecule has 6 heteroatoms. The first-order valence-electron chi connectivity index (χ1n) is 5.95.